The first kappa shape index (κ1) is 26.4. The molecule has 1 amide bonds. The average Bonchev–Trinajstić information content (AvgIpc) is 3.20. The maximum absolute atomic E-state index is 14.1. The van der Waals surface area contributed by atoms with E-state index in [4.69, 9.17) is 4.74 Å². The van der Waals surface area contributed by atoms with Crippen LogP contribution in [0.25, 0.3) is 10.9 Å². The fraction of sp³-hybridized carbons (Fsp3) is 0.400. The van der Waals surface area contributed by atoms with Crippen molar-refractivity contribution in [2.45, 2.75) is 56.6 Å². The first-order valence-electron chi connectivity index (χ1n) is 11.5. The maximum atomic E-state index is 14.1. The minimum Gasteiger partial charge on any atom is -0.444 e. The third-order valence-corrected chi connectivity index (χ3v) is 8.08. The molecule has 1 aliphatic rings. The van der Waals surface area contributed by atoms with Gasteiger partial charge in [0.1, 0.15) is 5.60 Å². The van der Waals surface area contributed by atoms with Crippen LogP contribution >= 0.6 is 15.9 Å². The van der Waals surface area contributed by atoms with E-state index in [0.717, 1.165) is 10.2 Å². The summed E-state index contributed by atoms with van der Waals surface area (Å²) in [5.41, 5.74) is -0.349. The van der Waals surface area contributed by atoms with Crippen molar-refractivity contribution in [3.8, 4) is 0 Å². The van der Waals surface area contributed by atoms with Crippen molar-refractivity contribution < 1.29 is 26.7 Å². The van der Waals surface area contributed by atoms with E-state index in [1.807, 2.05) is 20.8 Å². The summed E-state index contributed by atoms with van der Waals surface area (Å²) in [4.78, 5) is 14.0. The molecule has 1 aliphatic heterocycles. The highest BCUT2D eigenvalue weighted by Gasteiger charge is 2.29. The van der Waals surface area contributed by atoms with Crippen LogP contribution in [0.2, 0.25) is 0 Å². The number of hydrogen-bond donors (Lipinski definition) is 1. The minimum atomic E-state index is -4.11. The first-order valence-corrected chi connectivity index (χ1v) is 13.8. The molecular formula is C25H28BrF2N3O4S. The molecule has 0 radical (unpaired) electrons. The zero-order valence-corrected chi connectivity index (χ0v) is 22.6. The van der Waals surface area contributed by atoms with Crippen molar-refractivity contribution in [2.24, 2.45) is 0 Å². The highest BCUT2D eigenvalue weighted by molar-refractivity contribution is 9.10. The minimum absolute atomic E-state index is 0.0116. The van der Waals surface area contributed by atoms with E-state index in [2.05, 4.69) is 21.2 Å². The van der Waals surface area contributed by atoms with E-state index in [1.165, 1.54) is 18.2 Å². The van der Waals surface area contributed by atoms with Gasteiger partial charge < -0.3 is 15.0 Å². The number of anilines is 1. The molecule has 0 bridgehead atoms. The number of nitrogens with zero attached hydrogens (tertiary/aromatic N) is 2. The third-order valence-electron chi connectivity index (χ3n) is 5.92. The molecule has 0 aliphatic carbocycles. The molecule has 1 N–H and O–H groups in total. The maximum Gasteiger partial charge on any atom is 0.410 e. The largest absolute Gasteiger partial charge is 0.444 e. The molecule has 1 aromatic heterocycles. The fourth-order valence-corrected chi connectivity index (χ4v) is 6.23. The summed E-state index contributed by atoms with van der Waals surface area (Å²) in [5, 5.41) is 3.48. The number of fused-ring (bicyclic) bond motifs is 1. The molecule has 0 spiro atoms. The van der Waals surface area contributed by atoms with Gasteiger partial charge in [-0.2, -0.15) is 0 Å². The van der Waals surface area contributed by atoms with Crippen molar-refractivity contribution in [3.05, 3.63) is 58.7 Å². The molecular weight excluding hydrogens is 556 g/mol. The predicted molar refractivity (Wildman–Crippen MR) is 138 cm³/mol. The second-order valence-electron chi connectivity index (χ2n) is 9.73. The number of hydrogen-bond acceptors (Lipinski definition) is 5. The molecule has 7 nitrogen and oxygen atoms in total. The smallest absolute Gasteiger partial charge is 0.410 e. The summed E-state index contributed by atoms with van der Waals surface area (Å²) in [6.07, 6.45) is -1.06. The fourth-order valence-electron chi connectivity index (χ4n) is 4.27. The SMILES string of the molecule is CC(C)(C)OC(=O)N1CCC(Nc2cccc3c2c(C(F)F)cn3S(=O)(=O)c2cccc(Br)c2)CC1. The summed E-state index contributed by atoms with van der Waals surface area (Å²) in [7, 11) is -4.11. The van der Waals surface area contributed by atoms with E-state index in [1.54, 1.807) is 29.2 Å². The highest BCUT2D eigenvalue weighted by Crippen LogP contribution is 2.37. The lowest BCUT2D eigenvalue weighted by Crippen LogP contribution is -2.44. The number of rotatable bonds is 5. The second kappa shape index (κ2) is 10.0. The predicted octanol–water partition coefficient (Wildman–Crippen LogP) is 6.39. The summed E-state index contributed by atoms with van der Waals surface area (Å²) in [5.74, 6) is 0. The number of piperidine rings is 1. The molecule has 194 valence electrons. The van der Waals surface area contributed by atoms with Gasteiger partial charge in [0.05, 0.1) is 10.4 Å². The lowest BCUT2D eigenvalue weighted by molar-refractivity contribution is 0.0210. The monoisotopic (exact) mass is 583 g/mol. The van der Waals surface area contributed by atoms with Crippen LogP contribution in [0.1, 0.15) is 45.6 Å². The molecule has 36 heavy (non-hydrogen) atoms. The molecule has 11 heteroatoms. The van der Waals surface area contributed by atoms with Crippen molar-refractivity contribution in [3.63, 3.8) is 0 Å². The Morgan fingerprint density at radius 3 is 2.42 bits per heavy atom. The highest BCUT2D eigenvalue weighted by atomic mass is 79.9. The van der Waals surface area contributed by atoms with Crippen LogP contribution in [-0.2, 0) is 14.8 Å². The van der Waals surface area contributed by atoms with Gasteiger partial charge in [-0.3, -0.25) is 0 Å². The number of aromatic nitrogens is 1. The van der Waals surface area contributed by atoms with Gasteiger partial charge in [-0.1, -0.05) is 28.1 Å². The van der Waals surface area contributed by atoms with Gasteiger partial charge in [0.15, 0.2) is 0 Å². The topological polar surface area (TPSA) is 80.6 Å². The Labute approximate surface area is 217 Å². The van der Waals surface area contributed by atoms with Crippen LogP contribution in [0.15, 0.2) is 58.0 Å². The second-order valence-corrected chi connectivity index (χ2v) is 12.5. The van der Waals surface area contributed by atoms with Crippen molar-refractivity contribution in [1.82, 2.24) is 8.87 Å². The number of carbonyl (C=O) groups is 1. The van der Waals surface area contributed by atoms with E-state index in [0.29, 0.717) is 36.1 Å². The van der Waals surface area contributed by atoms with Crippen LogP contribution in [0.4, 0.5) is 19.3 Å². The number of amides is 1. The molecule has 2 heterocycles. The van der Waals surface area contributed by atoms with Crippen LogP contribution < -0.4 is 5.32 Å². The zero-order valence-electron chi connectivity index (χ0n) is 20.2. The lowest BCUT2D eigenvalue weighted by atomic mass is 10.0. The van der Waals surface area contributed by atoms with Gasteiger partial charge in [0.25, 0.3) is 16.4 Å². The standard InChI is InChI=1S/C25H28BrF2N3O4S/c1-25(2,3)35-24(32)30-12-10-17(11-13-30)29-20-8-5-9-21-22(20)19(23(27)28)15-31(21)36(33,34)18-7-4-6-16(26)14-18/h4-9,14-15,17,23,29H,10-13H2,1-3H3. The van der Waals surface area contributed by atoms with Gasteiger partial charge in [-0.15, -0.1) is 0 Å². The molecule has 1 fully saturated rings. The summed E-state index contributed by atoms with van der Waals surface area (Å²) < 4.78 is 61.8. The van der Waals surface area contributed by atoms with Crippen LogP contribution in [0, 0.1) is 0 Å². The number of alkyl halides is 2. The van der Waals surface area contributed by atoms with Gasteiger partial charge in [0.2, 0.25) is 0 Å². The summed E-state index contributed by atoms with van der Waals surface area (Å²) in [6, 6.07) is 10.9. The summed E-state index contributed by atoms with van der Waals surface area (Å²) >= 11 is 3.26. The third kappa shape index (κ3) is 5.51. The molecule has 1 saturated heterocycles. The Morgan fingerprint density at radius 1 is 1.14 bits per heavy atom. The van der Waals surface area contributed by atoms with Crippen molar-refractivity contribution in [2.75, 3.05) is 18.4 Å². The molecule has 0 unspecified atom stereocenters. The summed E-state index contributed by atoms with van der Waals surface area (Å²) in [6.45, 7) is 6.35. The number of carbonyl (C=O) groups excluding carboxylic acids is 1. The zero-order chi connectivity index (χ0) is 26.3. The number of ether oxygens (including phenoxy) is 1. The molecule has 0 atom stereocenters. The van der Waals surface area contributed by atoms with E-state index in [9.17, 15) is 22.0 Å². The van der Waals surface area contributed by atoms with Crippen LogP contribution in [0.3, 0.4) is 0 Å². The number of likely N-dealkylation sites (tertiary alicyclic amines) is 1. The average molecular weight is 584 g/mol. The molecule has 2 aromatic carbocycles. The quantitative estimate of drug-likeness (QED) is 0.376. The normalized spacial score (nSPS) is 15.5. The first-order chi connectivity index (χ1) is 16.9. The van der Waals surface area contributed by atoms with Crippen LogP contribution in [-0.4, -0.2) is 48.1 Å². The Balaban J connectivity index is 1.63. The lowest BCUT2D eigenvalue weighted by Gasteiger charge is -2.34. The number of benzene rings is 2. The van der Waals surface area contributed by atoms with Gasteiger partial charge >= 0.3 is 6.09 Å². The van der Waals surface area contributed by atoms with E-state index < -0.39 is 22.0 Å². The molecule has 3 aromatic rings. The molecule has 0 saturated carbocycles. The van der Waals surface area contributed by atoms with Gasteiger partial charge in [-0.25, -0.2) is 26.0 Å². The Hall–Kier alpha value is -2.66. The Kier molecular flexibility index (Phi) is 7.34. The Bertz CT molecular complexity index is 1380. The van der Waals surface area contributed by atoms with Crippen molar-refractivity contribution >= 4 is 48.6 Å². The van der Waals surface area contributed by atoms with E-state index >= 15 is 0 Å². The van der Waals surface area contributed by atoms with E-state index in [-0.39, 0.29) is 33.5 Å². The number of nitrogens with one attached hydrogen (secondary N) is 1. The van der Waals surface area contributed by atoms with Crippen LogP contribution in [0.5, 0.6) is 0 Å². The van der Waals surface area contributed by atoms with Gasteiger partial charge in [0, 0.05) is 46.4 Å². The molecule has 4 rings (SSSR count). The van der Waals surface area contributed by atoms with Crippen molar-refractivity contribution in [1.29, 1.82) is 0 Å². The Morgan fingerprint density at radius 2 is 1.81 bits per heavy atom. The van der Waals surface area contributed by atoms with Gasteiger partial charge in [-0.05, 0) is 63.9 Å². The number of halogens is 3.